The molecule has 0 bridgehead atoms. The van der Waals surface area contributed by atoms with Gasteiger partial charge in [-0.25, -0.2) is 0 Å². The molecule has 0 unspecified atom stereocenters. The van der Waals surface area contributed by atoms with Gasteiger partial charge in [-0.1, -0.05) is 0 Å². The highest BCUT2D eigenvalue weighted by atomic mass is 16.5. The zero-order valence-electron chi connectivity index (χ0n) is 11.7. The average Bonchev–Trinajstić information content (AvgIpc) is 2.59. The van der Waals surface area contributed by atoms with Crippen LogP contribution in [0.5, 0.6) is 5.75 Å². The van der Waals surface area contributed by atoms with Crippen molar-refractivity contribution in [3.05, 3.63) is 23.0 Å². The first kappa shape index (κ1) is 13.8. The van der Waals surface area contributed by atoms with Gasteiger partial charge in [-0.3, -0.25) is 9.78 Å². The van der Waals surface area contributed by atoms with Gasteiger partial charge in [-0.05, 0) is 13.8 Å². The number of aryl methyl sites for hydroxylation is 1. The lowest BCUT2D eigenvalue weighted by Crippen LogP contribution is -2.31. The number of hydrogen-bond donors (Lipinski definition) is 0. The van der Waals surface area contributed by atoms with Crippen LogP contribution in [0.2, 0.25) is 0 Å². The van der Waals surface area contributed by atoms with Crippen LogP contribution in [-0.2, 0) is 16.1 Å². The van der Waals surface area contributed by atoms with Crippen molar-refractivity contribution in [2.45, 2.75) is 26.8 Å². The number of amides is 1. The monoisotopic (exact) mass is 264 g/mol. The first-order chi connectivity index (χ1) is 9.13. The van der Waals surface area contributed by atoms with Crippen LogP contribution in [0.1, 0.15) is 23.2 Å². The van der Waals surface area contributed by atoms with E-state index in [2.05, 4.69) is 4.98 Å². The Hall–Kier alpha value is -1.62. The molecule has 1 amide bonds. The molecule has 1 aliphatic heterocycles. The first-order valence-corrected chi connectivity index (χ1v) is 6.48. The van der Waals surface area contributed by atoms with Crippen molar-refractivity contribution < 1.29 is 14.3 Å². The van der Waals surface area contributed by atoms with Crippen LogP contribution >= 0.6 is 0 Å². The third-order valence-electron chi connectivity index (χ3n) is 3.41. The summed E-state index contributed by atoms with van der Waals surface area (Å²) in [6.45, 7) is 6.19. The van der Waals surface area contributed by atoms with E-state index in [0.29, 0.717) is 32.7 Å². The van der Waals surface area contributed by atoms with E-state index < -0.39 is 0 Å². The SMILES string of the molecule is COc1c(C)cnc(CN2CCOCCC2=O)c1C. The Balaban J connectivity index is 2.20. The average molecular weight is 264 g/mol. The Morgan fingerprint density at radius 1 is 1.42 bits per heavy atom. The molecule has 1 fully saturated rings. The lowest BCUT2D eigenvalue weighted by Gasteiger charge is -2.21. The molecule has 1 saturated heterocycles. The molecule has 0 atom stereocenters. The Labute approximate surface area is 113 Å². The van der Waals surface area contributed by atoms with Crippen LogP contribution in [0.15, 0.2) is 6.20 Å². The Morgan fingerprint density at radius 3 is 2.95 bits per heavy atom. The van der Waals surface area contributed by atoms with Crippen LogP contribution in [-0.4, -0.2) is 42.7 Å². The quantitative estimate of drug-likeness (QED) is 0.829. The second kappa shape index (κ2) is 6.02. The predicted molar refractivity (Wildman–Crippen MR) is 71.1 cm³/mol. The van der Waals surface area contributed by atoms with Crippen LogP contribution in [0, 0.1) is 13.8 Å². The topological polar surface area (TPSA) is 51.7 Å². The summed E-state index contributed by atoms with van der Waals surface area (Å²) in [6.07, 6.45) is 2.24. The number of aromatic nitrogens is 1. The molecule has 2 heterocycles. The Bertz CT molecular complexity index is 474. The molecule has 5 nitrogen and oxygen atoms in total. The largest absolute Gasteiger partial charge is 0.496 e. The lowest BCUT2D eigenvalue weighted by atomic mass is 10.1. The van der Waals surface area contributed by atoms with Crippen molar-refractivity contribution in [3.8, 4) is 5.75 Å². The summed E-state index contributed by atoms with van der Waals surface area (Å²) >= 11 is 0. The van der Waals surface area contributed by atoms with E-state index in [-0.39, 0.29) is 5.91 Å². The summed E-state index contributed by atoms with van der Waals surface area (Å²) in [4.78, 5) is 18.2. The minimum Gasteiger partial charge on any atom is -0.496 e. The van der Waals surface area contributed by atoms with Crippen LogP contribution in [0.4, 0.5) is 0 Å². The van der Waals surface area contributed by atoms with Crippen molar-refractivity contribution in [2.24, 2.45) is 0 Å². The van der Waals surface area contributed by atoms with Gasteiger partial charge in [0.2, 0.25) is 5.91 Å². The molecular formula is C14H20N2O3. The molecule has 1 aliphatic rings. The van der Waals surface area contributed by atoms with Gasteiger partial charge in [-0.2, -0.15) is 0 Å². The number of methoxy groups -OCH3 is 1. The van der Waals surface area contributed by atoms with Crippen LogP contribution in [0.25, 0.3) is 0 Å². The summed E-state index contributed by atoms with van der Waals surface area (Å²) in [5.74, 6) is 0.974. The Kier molecular flexibility index (Phi) is 4.37. The van der Waals surface area contributed by atoms with Gasteiger partial charge < -0.3 is 14.4 Å². The van der Waals surface area contributed by atoms with E-state index in [1.165, 1.54) is 0 Å². The van der Waals surface area contributed by atoms with E-state index in [9.17, 15) is 4.79 Å². The highest BCUT2D eigenvalue weighted by Gasteiger charge is 2.19. The molecule has 1 aromatic heterocycles. The maximum absolute atomic E-state index is 11.9. The second-order valence-electron chi connectivity index (χ2n) is 4.72. The van der Waals surface area contributed by atoms with Gasteiger partial charge in [0.15, 0.2) is 0 Å². The van der Waals surface area contributed by atoms with Gasteiger partial charge in [0.05, 0.1) is 39.0 Å². The van der Waals surface area contributed by atoms with Crippen molar-refractivity contribution in [1.82, 2.24) is 9.88 Å². The standard InChI is InChI=1S/C14H20N2O3/c1-10-8-15-12(11(2)14(10)18-3)9-16-5-7-19-6-4-13(16)17/h8H,4-7,9H2,1-3H3. The van der Waals surface area contributed by atoms with Crippen molar-refractivity contribution in [3.63, 3.8) is 0 Å². The highest BCUT2D eigenvalue weighted by molar-refractivity contribution is 5.76. The summed E-state index contributed by atoms with van der Waals surface area (Å²) in [5, 5.41) is 0. The molecule has 2 rings (SSSR count). The molecule has 0 radical (unpaired) electrons. The molecule has 5 heteroatoms. The van der Waals surface area contributed by atoms with E-state index in [0.717, 1.165) is 22.6 Å². The maximum Gasteiger partial charge on any atom is 0.225 e. The lowest BCUT2D eigenvalue weighted by molar-refractivity contribution is -0.131. The van der Waals surface area contributed by atoms with Gasteiger partial charge >= 0.3 is 0 Å². The fraction of sp³-hybridized carbons (Fsp3) is 0.571. The third-order valence-corrected chi connectivity index (χ3v) is 3.41. The number of carbonyl (C=O) groups excluding carboxylic acids is 1. The molecule has 104 valence electrons. The van der Waals surface area contributed by atoms with Crippen molar-refractivity contribution in [1.29, 1.82) is 0 Å². The molecule has 0 spiro atoms. The number of nitrogens with zero attached hydrogens (tertiary/aromatic N) is 2. The van der Waals surface area contributed by atoms with E-state index in [1.807, 2.05) is 13.8 Å². The van der Waals surface area contributed by atoms with Gasteiger partial charge in [0, 0.05) is 23.9 Å². The first-order valence-electron chi connectivity index (χ1n) is 6.48. The molecule has 0 aromatic carbocycles. The van der Waals surface area contributed by atoms with Gasteiger partial charge in [-0.15, -0.1) is 0 Å². The van der Waals surface area contributed by atoms with Gasteiger partial charge in [0.1, 0.15) is 5.75 Å². The van der Waals surface area contributed by atoms with E-state index >= 15 is 0 Å². The number of carbonyl (C=O) groups is 1. The van der Waals surface area contributed by atoms with E-state index in [4.69, 9.17) is 9.47 Å². The minimum absolute atomic E-state index is 0.123. The molecule has 0 aliphatic carbocycles. The Morgan fingerprint density at radius 2 is 2.21 bits per heavy atom. The molecular weight excluding hydrogens is 244 g/mol. The zero-order chi connectivity index (χ0) is 13.8. The fourth-order valence-electron chi connectivity index (χ4n) is 2.30. The van der Waals surface area contributed by atoms with Crippen LogP contribution in [0.3, 0.4) is 0 Å². The maximum atomic E-state index is 11.9. The normalized spacial score (nSPS) is 16.4. The van der Waals surface area contributed by atoms with Gasteiger partial charge in [0.25, 0.3) is 0 Å². The summed E-state index contributed by atoms with van der Waals surface area (Å²) < 4.78 is 10.7. The van der Waals surface area contributed by atoms with Crippen molar-refractivity contribution >= 4 is 5.91 Å². The van der Waals surface area contributed by atoms with Crippen molar-refractivity contribution in [2.75, 3.05) is 26.9 Å². The minimum atomic E-state index is 0.123. The third kappa shape index (κ3) is 3.04. The second-order valence-corrected chi connectivity index (χ2v) is 4.72. The molecule has 19 heavy (non-hydrogen) atoms. The molecule has 1 aromatic rings. The van der Waals surface area contributed by atoms with E-state index in [1.54, 1.807) is 18.2 Å². The number of rotatable bonds is 3. The fourth-order valence-corrected chi connectivity index (χ4v) is 2.30. The summed E-state index contributed by atoms with van der Waals surface area (Å²) in [6, 6.07) is 0. The predicted octanol–water partition coefficient (Wildman–Crippen LogP) is 1.46. The number of ether oxygens (including phenoxy) is 2. The number of pyridine rings is 1. The summed E-state index contributed by atoms with van der Waals surface area (Å²) in [7, 11) is 1.66. The highest BCUT2D eigenvalue weighted by Crippen LogP contribution is 2.25. The van der Waals surface area contributed by atoms with Crippen LogP contribution < -0.4 is 4.74 Å². The molecule has 0 N–H and O–H groups in total. The number of hydrogen-bond acceptors (Lipinski definition) is 4. The zero-order valence-corrected chi connectivity index (χ0v) is 11.7. The smallest absolute Gasteiger partial charge is 0.225 e. The summed E-state index contributed by atoms with van der Waals surface area (Å²) in [5.41, 5.74) is 2.90. The molecule has 0 saturated carbocycles.